The molecule has 0 radical (unpaired) electrons. The zero-order chi connectivity index (χ0) is 17.3. The minimum Gasteiger partial charge on any atom is -0.323 e. The van der Waals surface area contributed by atoms with Crippen LogP contribution < -0.4 is 10.6 Å². The van der Waals surface area contributed by atoms with Gasteiger partial charge in [0.25, 0.3) is 5.91 Å². The summed E-state index contributed by atoms with van der Waals surface area (Å²) in [5.74, 6) is -0.957. The Hall–Kier alpha value is -2.38. The standard InChI is InChI=1S/C16H14ClN3O3S/c1-16(10-6-7-24-9-10)14(22)20(15(23)19-16)8-13(21)18-12-5-3-2-4-11(12)17/h2-7,9H,8H2,1H3,(H,18,21)(H,19,23). The Morgan fingerprint density at radius 1 is 1.33 bits per heavy atom. The number of anilines is 1. The molecule has 4 amide bonds. The smallest absolute Gasteiger partial charge is 0.323 e. The van der Waals surface area contributed by atoms with E-state index in [4.69, 9.17) is 11.6 Å². The van der Waals surface area contributed by atoms with Gasteiger partial charge in [-0.2, -0.15) is 11.3 Å². The van der Waals surface area contributed by atoms with Crippen molar-refractivity contribution in [3.05, 3.63) is 51.7 Å². The van der Waals surface area contributed by atoms with Crippen molar-refractivity contribution in [2.75, 3.05) is 11.9 Å². The number of halogens is 1. The Labute approximate surface area is 147 Å². The summed E-state index contributed by atoms with van der Waals surface area (Å²) in [4.78, 5) is 37.8. The second-order valence-electron chi connectivity index (χ2n) is 5.49. The summed E-state index contributed by atoms with van der Waals surface area (Å²) < 4.78 is 0. The van der Waals surface area contributed by atoms with Gasteiger partial charge in [0.05, 0.1) is 10.7 Å². The number of hydrogen-bond donors (Lipinski definition) is 2. The van der Waals surface area contributed by atoms with Gasteiger partial charge >= 0.3 is 6.03 Å². The third-order valence-corrected chi connectivity index (χ3v) is 4.84. The van der Waals surface area contributed by atoms with Crippen LogP contribution in [0.1, 0.15) is 12.5 Å². The van der Waals surface area contributed by atoms with E-state index in [9.17, 15) is 14.4 Å². The number of para-hydroxylation sites is 1. The van der Waals surface area contributed by atoms with Crippen molar-refractivity contribution in [1.29, 1.82) is 0 Å². The van der Waals surface area contributed by atoms with E-state index in [1.165, 1.54) is 11.3 Å². The minimum atomic E-state index is -1.15. The van der Waals surface area contributed by atoms with Crippen molar-refractivity contribution in [3.8, 4) is 0 Å². The average Bonchev–Trinajstić information content (AvgIpc) is 3.14. The number of hydrogen-bond acceptors (Lipinski definition) is 4. The van der Waals surface area contributed by atoms with Gasteiger partial charge in [-0.05, 0) is 41.4 Å². The first-order valence-corrected chi connectivity index (χ1v) is 8.45. The Morgan fingerprint density at radius 2 is 2.08 bits per heavy atom. The molecule has 0 saturated carbocycles. The Kier molecular flexibility index (Phi) is 4.29. The normalized spacial score (nSPS) is 20.2. The maximum Gasteiger partial charge on any atom is 0.325 e. The SMILES string of the molecule is CC1(c2ccsc2)NC(=O)N(CC(=O)Nc2ccccc2Cl)C1=O. The lowest BCUT2D eigenvalue weighted by Gasteiger charge is -2.20. The van der Waals surface area contributed by atoms with Gasteiger partial charge < -0.3 is 10.6 Å². The molecule has 6 nitrogen and oxygen atoms in total. The zero-order valence-corrected chi connectivity index (χ0v) is 14.3. The fourth-order valence-electron chi connectivity index (χ4n) is 2.48. The summed E-state index contributed by atoms with van der Waals surface area (Å²) in [6, 6.07) is 7.92. The largest absolute Gasteiger partial charge is 0.325 e. The molecule has 1 aromatic carbocycles. The Morgan fingerprint density at radius 3 is 2.75 bits per heavy atom. The maximum atomic E-state index is 12.6. The predicted molar refractivity (Wildman–Crippen MR) is 92.0 cm³/mol. The molecular formula is C16H14ClN3O3S. The lowest BCUT2D eigenvalue weighted by molar-refractivity contribution is -0.133. The molecule has 24 heavy (non-hydrogen) atoms. The highest BCUT2D eigenvalue weighted by atomic mass is 35.5. The summed E-state index contributed by atoms with van der Waals surface area (Å²) in [5, 5.41) is 9.25. The van der Waals surface area contributed by atoms with Crippen LogP contribution in [-0.4, -0.2) is 29.3 Å². The molecule has 0 bridgehead atoms. The van der Waals surface area contributed by atoms with Crippen LogP contribution in [0.3, 0.4) is 0 Å². The van der Waals surface area contributed by atoms with Crippen molar-refractivity contribution >= 4 is 46.5 Å². The molecule has 1 saturated heterocycles. The van der Waals surface area contributed by atoms with E-state index in [1.54, 1.807) is 42.6 Å². The van der Waals surface area contributed by atoms with Crippen LogP contribution in [0.15, 0.2) is 41.1 Å². The van der Waals surface area contributed by atoms with E-state index in [-0.39, 0.29) is 6.54 Å². The van der Waals surface area contributed by atoms with E-state index < -0.39 is 23.4 Å². The average molecular weight is 364 g/mol. The van der Waals surface area contributed by atoms with Crippen LogP contribution in [0.4, 0.5) is 10.5 Å². The first kappa shape index (κ1) is 16.5. The Bertz CT molecular complexity index is 809. The first-order valence-electron chi connectivity index (χ1n) is 7.13. The van der Waals surface area contributed by atoms with Crippen LogP contribution in [-0.2, 0) is 15.1 Å². The molecule has 2 N–H and O–H groups in total. The zero-order valence-electron chi connectivity index (χ0n) is 12.7. The van der Waals surface area contributed by atoms with Crippen molar-refractivity contribution in [2.24, 2.45) is 0 Å². The van der Waals surface area contributed by atoms with E-state index in [0.29, 0.717) is 16.3 Å². The van der Waals surface area contributed by atoms with E-state index in [2.05, 4.69) is 10.6 Å². The number of rotatable bonds is 4. The van der Waals surface area contributed by atoms with Crippen LogP contribution in [0, 0.1) is 0 Å². The summed E-state index contributed by atoms with van der Waals surface area (Å²) >= 11 is 7.41. The number of imide groups is 1. The van der Waals surface area contributed by atoms with Gasteiger partial charge in [-0.3, -0.25) is 14.5 Å². The molecule has 1 aliphatic rings. The van der Waals surface area contributed by atoms with Gasteiger partial charge in [0, 0.05) is 0 Å². The highest BCUT2D eigenvalue weighted by molar-refractivity contribution is 7.08. The second-order valence-corrected chi connectivity index (χ2v) is 6.67. The number of carbonyl (C=O) groups is 3. The topological polar surface area (TPSA) is 78.5 Å². The van der Waals surface area contributed by atoms with Gasteiger partial charge in [-0.1, -0.05) is 23.7 Å². The summed E-state index contributed by atoms with van der Waals surface area (Å²) in [7, 11) is 0. The van der Waals surface area contributed by atoms with Crippen LogP contribution in [0.2, 0.25) is 5.02 Å². The third kappa shape index (κ3) is 2.88. The molecular weight excluding hydrogens is 350 g/mol. The lowest BCUT2D eigenvalue weighted by Crippen LogP contribution is -2.41. The fraction of sp³-hybridized carbons (Fsp3) is 0.188. The molecule has 1 aliphatic heterocycles. The molecule has 1 atom stereocenters. The summed E-state index contributed by atoms with van der Waals surface area (Å²) in [6.07, 6.45) is 0. The molecule has 2 aromatic rings. The van der Waals surface area contributed by atoms with Crippen molar-refractivity contribution in [2.45, 2.75) is 12.5 Å². The third-order valence-electron chi connectivity index (χ3n) is 3.82. The summed E-state index contributed by atoms with van der Waals surface area (Å²) in [5.41, 5.74) is -0.0291. The molecule has 0 spiro atoms. The molecule has 1 unspecified atom stereocenters. The molecule has 1 fully saturated rings. The lowest BCUT2D eigenvalue weighted by atomic mass is 9.95. The van der Waals surface area contributed by atoms with Crippen molar-refractivity contribution in [1.82, 2.24) is 10.2 Å². The fourth-order valence-corrected chi connectivity index (χ4v) is 3.43. The van der Waals surface area contributed by atoms with Gasteiger partial charge in [-0.25, -0.2) is 4.79 Å². The van der Waals surface area contributed by atoms with Gasteiger partial charge in [0.15, 0.2) is 0 Å². The van der Waals surface area contributed by atoms with Crippen molar-refractivity contribution < 1.29 is 14.4 Å². The van der Waals surface area contributed by atoms with E-state index in [1.807, 2.05) is 5.38 Å². The maximum absolute atomic E-state index is 12.6. The van der Waals surface area contributed by atoms with Crippen molar-refractivity contribution in [3.63, 3.8) is 0 Å². The molecule has 124 valence electrons. The quantitative estimate of drug-likeness (QED) is 0.820. The summed E-state index contributed by atoms with van der Waals surface area (Å²) in [6.45, 7) is 1.25. The van der Waals surface area contributed by atoms with Gasteiger partial charge in [0.2, 0.25) is 5.91 Å². The molecule has 3 rings (SSSR count). The van der Waals surface area contributed by atoms with Gasteiger partial charge in [0.1, 0.15) is 12.1 Å². The van der Waals surface area contributed by atoms with Gasteiger partial charge in [-0.15, -0.1) is 0 Å². The number of amides is 4. The molecule has 2 heterocycles. The molecule has 1 aromatic heterocycles. The van der Waals surface area contributed by atoms with E-state index in [0.717, 1.165) is 4.90 Å². The number of nitrogens with zero attached hydrogens (tertiary/aromatic N) is 1. The number of carbonyl (C=O) groups excluding carboxylic acids is 3. The number of nitrogens with one attached hydrogen (secondary N) is 2. The predicted octanol–water partition coefficient (Wildman–Crippen LogP) is 2.81. The number of urea groups is 1. The number of thiophene rings is 1. The highest BCUT2D eigenvalue weighted by Gasteiger charge is 2.49. The second kappa shape index (κ2) is 6.26. The molecule has 0 aliphatic carbocycles. The monoisotopic (exact) mass is 363 g/mol. The first-order chi connectivity index (χ1) is 11.4. The Balaban J connectivity index is 1.74. The molecule has 8 heteroatoms. The minimum absolute atomic E-state index is 0.379. The van der Waals surface area contributed by atoms with E-state index >= 15 is 0 Å². The highest BCUT2D eigenvalue weighted by Crippen LogP contribution is 2.30. The number of benzene rings is 1. The van der Waals surface area contributed by atoms with Crippen LogP contribution >= 0.6 is 22.9 Å². The van der Waals surface area contributed by atoms with Crippen LogP contribution in [0.5, 0.6) is 0 Å². The van der Waals surface area contributed by atoms with Crippen LogP contribution in [0.25, 0.3) is 0 Å².